The zero-order chi connectivity index (χ0) is 17.9. The molecule has 0 saturated heterocycles. The minimum Gasteiger partial charge on any atom is -0.506 e. The molecule has 0 aliphatic carbocycles. The highest BCUT2D eigenvalue weighted by atomic mass is 79.9. The molecule has 1 unspecified atom stereocenters. The topological polar surface area (TPSA) is 108 Å². The van der Waals surface area contributed by atoms with Crippen molar-refractivity contribution in [2.45, 2.75) is 6.04 Å². The Balaban J connectivity index is 2.42. The monoisotopic (exact) mass is 475 g/mol. The zero-order valence-electron chi connectivity index (χ0n) is 12.0. The minimum atomic E-state index is -0.918. The third-order valence-electron chi connectivity index (χ3n) is 3.14. The van der Waals surface area contributed by atoms with Crippen molar-refractivity contribution in [3.05, 3.63) is 55.4 Å². The van der Waals surface area contributed by atoms with Crippen LogP contribution in [0.1, 0.15) is 17.2 Å². The van der Waals surface area contributed by atoms with Gasteiger partial charge in [0.15, 0.2) is 6.04 Å². The van der Waals surface area contributed by atoms with Crippen molar-refractivity contribution in [3.63, 3.8) is 0 Å². The van der Waals surface area contributed by atoms with E-state index in [9.17, 15) is 15.0 Å². The lowest BCUT2D eigenvalue weighted by Gasteiger charge is -2.12. The van der Waals surface area contributed by atoms with Gasteiger partial charge in [-0.25, -0.2) is 5.84 Å². The lowest BCUT2D eigenvalue weighted by Crippen LogP contribution is -2.34. The number of carbonyl (C=O) groups is 1. The Bertz CT molecular complexity index is 798. The van der Waals surface area contributed by atoms with E-state index < -0.39 is 11.9 Å². The van der Waals surface area contributed by atoms with Gasteiger partial charge in [0.25, 0.3) is 5.91 Å². The third kappa shape index (κ3) is 4.07. The largest absolute Gasteiger partial charge is 0.506 e. The molecule has 2 aromatic carbocycles. The van der Waals surface area contributed by atoms with Crippen LogP contribution in [0.5, 0.6) is 11.5 Å². The number of halogens is 3. The highest BCUT2D eigenvalue weighted by Crippen LogP contribution is 2.40. The number of hydrogen-bond donors (Lipinski definition) is 4. The Kier molecular flexibility index (Phi) is 6.22. The second-order valence-corrected chi connectivity index (χ2v) is 6.78. The summed E-state index contributed by atoms with van der Waals surface area (Å²) in [6, 6.07) is 7.13. The number of aromatic hydroxyl groups is 2. The molecule has 0 saturated carbocycles. The maximum absolute atomic E-state index is 12.0. The molecule has 0 heterocycles. The molecule has 2 rings (SSSR count). The molecule has 9 heteroatoms. The van der Waals surface area contributed by atoms with E-state index in [0.717, 1.165) is 0 Å². The summed E-state index contributed by atoms with van der Waals surface area (Å²) in [5.74, 6) is 4.34. The molecule has 0 aliphatic heterocycles. The second-order valence-electron chi connectivity index (χ2n) is 4.70. The Hall–Kier alpha value is -1.61. The Morgan fingerprint density at radius 3 is 2.46 bits per heavy atom. The van der Waals surface area contributed by atoms with Crippen LogP contribution >= 0.6 is 43.5 Å². The van der Waals surface area contributed by atoms with Crippen molar-refractivity contribution in [1.82, 2.24) is 5.43 Å². The molecule has 0 bridgehead atoms. The molecule has 2 aromatic rings. The van der Waals surface area contributed by atoms with Crippen LogP contribution in [0, 0.1) is 0 Å². The van der Waals surface area contributed by atoms with Gasteiger partial charge in [0, 0.05) is 16.8 Å². The van der Waals surface area contributed by atoms with Gasteiger partial charge in [0.2, 0.25) is 0 Å². The number of hydrogen-bond acceptors (Lipinski definition) is 5. The van der Waals surface area contributed by atoms with Crippen LogP contribution in [0.3, 0.4) is 0 Å². The SMILES string of the molecule is NNC(=O)C(N=Cc1cc(Br)c(O)c(Br)c1O)c1ccc(Cl)cc1. The molecule has 0 aliphatic rings. The number of amides is 1. The predicted octanol–water partition coefficient (Wildman–Crippen LogP) is 3.43. The maximum atomic E-state index is 12.0. The van der Waals surface area contributed by atoms with Crippen LogP contribution in [0.15, 0.2) is 44.3 Å². The normalized spacial score (nSPS) is 12.3. The first-order valence-electron chi connectivity index (χ1n) is 6.54. The lowest BCUT2D eigenvalue weighted by atomic mass is 10.1. The van der Waals surface area contributed by atoms with Crippen LogP contribution in [-0.2, 0) is 4.79 Å². The molecule has 0 spiro atoms. The van der Waals surface area contributed by atoms with E-state index in [1.807, 2.05) is 0 Å². The summed E-state index contributed by atoms with van der Waals surface area (Å²) in [5.41, 5.74) is 2.93. The summed E-state index contributed by atoms with van der Waals surface area (Å²) in [4.78, 5) is 16.2. The fourth-order valence-electron chi connectivity index (χ4n) is 1.90. The number of benzene rings is 2. The third-order valence-corrected chi connectivity index (χ3v) is 4.74. The summed E-state index contributed by atoms with van der Waals surface area (Å²) in [5, 5.41) is 20.3. The van der Waals surface area contributed by atoms with Crippen molar-refractivity contribution >= 4 is 55.6 Å². The fourth-order valence-corrected chi connectivity index (χ4v) is 3.18. The lowest BCUT2D eigenvalue weighted by molar-refractivity contribution is -0.122. The van der Waals surface area contributed by atoms with Crippen LogP contribution < -0.4 is 11.3 Å². The van der Waals surface area contributed by atoms with Gasteiger partial charge < -0.3 is 10.2 Å². The average molecular weight is 478 g/mol. The fraction of sp³-hybridized carbons (Fsp3) is 0.0667. The molecule has 5 N–H and O–H groups in total. The van der Waals surface area contributed by atoms with Gasteiger partial charge in [0.1, 0.15) is 16.0 Å². The van der Waals surface area contributed by atoms with Gasteiger partial charge in [-0.3, -0.25) is 15.2 Å². The van der Waals surface area contributed by atoms with Crippen LogP contribution in [0.2, 0.25) is 5.02 Å². The van der Waals surface area contributed by atoms with Crippen molar-refractivity contribution < 1.29 is 15.0 Å². The number of nitrogens with two attached hydrogens (primary N) is 1. The van der Waals surface area contributed by atoms with Gasteiger partial charge >= 0.3 is 0 Å². The smallest absolute Gasteiger partial charge is 0.263 e. The highest BCUT2D eigenvalue weighted by Gasteiger charge is 2.19. The quantitative estimate of drug-likeness (QED) is 0.234. The summed E-state index contributed by atoms with van der Waals surface area (Å²) < 4.78 is 0.476. The predicted molar refractivity (Wildman–Crippen MR) is 99.3 cm³/mol. The van der Waals surface area contributed by atoms with Gasteiger partial charge in [-0.15, -0.1) is 0 Å². The van der Waals surface area contributed by atoms with E-state index >= 15 is 0 Å². The Labute approximate surface area is 159 Å². The van der Waals surface area contributed by atoms with Crippen molar-refractivity contribution in [3.8, 4) is 11.5 Å². The zero-order valence-corrected chi connectivity index (χ0v) is 15.9. The van der Waals surface area contributed by atoms with Gasteiger partial charge in [0.05, 0.1) is 4.47 Å². The van der Waals surface area contributed by atoms with Gasteiger partial charge in [-0.05, 0) is 55.6 Å². The van der Waals surface area contributed by atoms with E-state index in [1.165, 1.54) is 12.3 Å². The number of hydrazine groups is 1. The van der Waals surface area contributed by atoms with Gasteiger partial charge in [-0.1, -0.05) is 23.7 Å². The molecule has 0 radical (unpaired) electrons. The molecule has 24 heavy (non-hydrogen) atoms. The van der Waals surface area contributed by atoms with Crippen molar-refractivity contribution in [2.75, 3.05) is 0 Å². The van der Waals surface area contributed by atoms with Crippen molar-refractivity contribution in [1.29, 1.82) is 0 Å². The van der Waals surface area contributed by atoms with E-state index in [2.05, 4.69) is 42.3 Å². The second kappa shape index (κ2) is 7.98. The molecule has 0 aromatic heterocycles. The molecular formula is C15H12Br2ClN3O3. The van der Waals surface area contributed by atoms with Crippen LogP contribution in [0.25, 0.3) is 0 Å². The molecule has 0 fully saturated rings. The molecule has 126 valence electrons. The Morgan fingerprint density at radius 2 is 1.88 bits per heavy atom. The number of aliphatic imine (C=N–C) groups is 1. The van der Waals surface area contributed by atoms with Crippen LogP contribution in [0.4, 0.5) is 0 Å². The average Bonchev–Trinajstić information content (AvgIpc) is 2.58. The highest BCUT2D eigenvalue weighted by molar-refractivity contribution is 9.11. The first-order chi connectivity index (χ1) is 11.3. The van der Waals surface area contributed by atoms with Crippen LogP contribution in [-0.4, -0.2) is 22.3 Å². The van der Waals surface area contributed by atoms with Gasteiger partial charge in [-0.2, -0.15) is 0 Å². The van der Waals surface area contributed by atoms with E-state index in [-0.39, 0.29) is 16.0 Å². The molecule has 6 nitrogen and oxygen atoms in total. The first kappa shape index (κ1) is 18.7. The molecule has 1 amide bonds. The van der Waals surface area contributed by atoms with E-state index in [1.54, 1.807) is 24.3 Å². The number of phenols is 2. The number of nitrogens with zero attached hydrogens (tertiary/aromatic N) is 1. The Morgan fingerprint density at radius 1 is 1.25 bits per heavy atom. The number of rotatable bonds is 4. The standard InChI is InChI=1S/C15H12Br2ClN3O3/c16-10-5-8(13(22)11(17)14(10)23)6-20-12(15(24)21-19)7-1-3-9(18)4-2-7/h1-6,12,22-23H,19H2,(H,21,24). The summed E-state index contributed by atoms with van der Waals surface area (Å²) in [6.45, 7) is 0. The van der Waals surface area contributed by atoms with E-state index in [0.29, 0.717) is 20.6 Å². The number of nitrogens with one attached hydrogen (secondary N) is 1. The molecular weight excluding hydrogens is 465 g/mol. The number of carbonyl (C=O) groups excluding carboxylic acids is 1. The first-order valence-corrected chi connectivity index (χ1v) is 8.50. The summed E-state index contributed by atoms with van der Waals surface area (Å²) in [7, 11) is 0. The van der Waals surface area contributed by atoms with Crippen molar-refractivity contribution in [2.24, 2.45) is 10.8 Å². The summed E-state index contributed by atoms with van der Waals surface area (Å²) >= 11 is 12.1. The maximum Gasteiger partial charge on any atom is 0.263 e. The minimum absolute atomic E-state index is 0.115. The van der Waals surface area contributed by atoms with E-state index in [4.69, 9.17) is 17.4 Å². The number of phenolic OH excluding ortho intramolecular Hbond substituents is 2. The summed E-state index contributed by atoms with van der Waals surface area (Å²) in [6.07, 6.45) is 1.32. The molecule has 1 atom stereocenters.